The minimum atomic E-state index is -0.532. The van der Waals surface area contributed by atoms with Gasteiger partial charge in [0.05, 0.1) is 11.6 Å². The molecule has 0 saturated carbocycles. The fourth-order valence-corrected chi connectivity index (χ4v) is 5.23. The molecule has 1 aromatic carbocycles. The number of aromatic nitrogens is 1. The molecule has 6 nitrogen and oxygen atoms in total. The van der Waals surface area contributed by atoms with Crippen molar-refractivity contribution >= 4 is 16.6 Å². The van der Waals surface area contributed by atoms with Crippen molar-refractivity contribution in [2.75, 3.05) is 19.6 Å². The lowest BCUT2D eigenvalue weighted by Crippen LogP contribution is -2.40. The third kappa shape index (κ3) is 6.68. The molecule has 2 heterocycles. The Hall–Kier alpha value is -2.14. The highest BCUT2D eigenvalue weighted by molar-refractivity contribution is 5.85. The number of benzene rings is 1. The first-order chi connectivity index (χ1) is 15.7. The van der Waals surface area contributed by atoms with E-state index < -0.39 is 6.10 Å². The van der Waals surface area contributed by atoms with Crippen molar-refractivity contribution < 1.29 is 5.11 Å². The number of pyridine rings is 1. The minimum Gasteiger partial charge on any atom is -0.388 e. The monoisotopic (exact) mass is 437 g/mol. The van der Waals surface area contributed by atoms with E-state index in [-0.39, 0.29) is 0 Å². The third-order valence-corrected chi connectivity index (χ3v) is 7.17. The van der Waals surface area contributed by atoms with Gasteiger partial charge in [-0.3, -0.25) is 4.98 Å². The van der Waals surface area contributed by atoms with E-state index in [1.807, 2.05) is 18.2 Å². The number of unbranched alkanes of at least 4 members (excludes halogenated alkanes) is 4. The second-order valence-corrected chi connectivity index (χ2v) is 9.32. The number of azide groups is 1. The van der Waals surface area contributed by atoms with Gasteiger partial charge in [0.25, 0.3) is 0 Å². The maximum Gasteiger partial charge on any atom is 0.0797 e. The number of nitrogens with zero attached hydrogens (tertiary/aromatic N) is 5. The average Bonchev–Trinajstić information content (AvgIpc) is 2.82. The smallest absolute Gasteiger partial charge is 0.0797 e. The van der Waals surface area contributed by atoms with Crippen molar-refractivity contribution in [3.63, 3.8) is 0 Å². The fraction of sp³-hybridized carbons (Fsp3) is 0.654. The summed E-state index contributed by atoms with van der Waals surface area (Å²) >= 11 is 0. The van der Waals surface area contributed by atoms with E-state index in [2.05, 4.69) is 33.8 Å². The molecule has 174 valence electrons. The highest BCUT2D eigenvalue weighted by Gasteiger charge is 2.28. The van der Waals surface area contributed by atoms with E-state index in [4.69, 9.17) is 5.53 Å². The number of fused-ring (bicyclic) bond motifs is 1. The molecule has 32 heavy (non-hydrogen) atoms. The molecule has 1 N–H and O–H groups in total. The summed E-state index contributed by atoms with van der Waals surface area (Å²) in [7, 11) is 0. The number of likely N-dealkylation sites (tertiary alicyclic amines) is 1. The minimum absolute atomic E-state index is 0.532. The summed E-state index contributed by atoms with van der Waals surface area (Å²) in [5.41, 5.74) is 11.0. The fourth-order valence-electron chi connectivity index (χ4n) is 5.23. The largest absolute Gasteiger partial charge is 0.388 e. The normalized spacial score (nSPS) is 20.2. The number of aliphatic hydroxyl groups excluding tert-OH is 1. The molecule has 0 amide bonds. The number of hydrogen-bond acceptors (Lipinski definition) is 4. The lowest BCUT2D eigenvalue weighted by atomic mass is 9.80. The van der Waals surface area contributed by atoms with Crippen molar-refractivity contribution in [1.29, 1.82) is 0 Å². The molecule has 0 radical (unpaired) electrons. The molecule has 2 aromatic rings. The van der Waals surface area contributed by atoms with Crippen LogP contribution in [0, 0.1) is 11.8 Å². The summed E-state index contributed by atoms with van der Waals surface area (Å²) in [5, 5.41) is 15.6. The molecule has 1 aliphatic heterocycles. The van der Waals surface area contributed by atoms with Crippen LogP contribution in [-0.2, 0) is 0 Å². The van der Waals surface area contributed by atoms with Gasteiger partial charge in [-0.15, -0.1) is 0 Å². The molecule has 0 spiro atoms. The second kappa shape index (κ2) is 12.8. The van der Waals surface area contributed by atoms with Gasteiger partial charge in [-0.2, -0.15) is 0 Å². The van der Waals surface area contributed by atoms with Gasteiger partial charge >= 0.3 is 0 Å². The standard InChI is InChI=1S/C26H39N5O/c1-3-5-6-7-8-16-31-17-14-21(20(4-2)19-31)9-12-26(32)23-13-15-28-25-11-10-22(29-30-27)18-24(23)25/h10-11,13,15,18,20-21,26,32H,3-9,12,14,16-17,19H2,1-2H3. The van der Waals surface area contributed by atoms with Gasteiger partial charge in [-0.1, -0.05) is 57.1 Å². The first-order valence-corrected chi connectivity index (χ1v) is 12.5. The predicted molar refractivity (Wildman–Crippen MR) is 132 cm³/mol. The van der Waals surface area contributed by atoms with Crippen LogP contribution in [0.5, 0.6) is 0 Å². The molecule has 1 aliphatic rings. The quantitative estimate of drug-likeness (QED) is 0.163. The van der Waals surface area contributed by atoms with Crippen LogP contribution in [0.4, 0.5) is 5.69 Å². The van der Waals surface area contributed by atoms with Gasteiger partial charge in [0.15, 0.2) is 0 Å². The maximum atomic E-state index is 11.0. The Labute approximate surface area is 192 Å². The Bertz CT molecular complexity index is 895. The molecule has 0 aliphatic carbocycles. The number of rotatable bonds is 12. The van der Waals surface area contributed by atoms with Crippen LogP contribution in [0.1, 0.15) is 83.3 Å². The van der Waals surface area contributed by atoms with Crippen molar-refractivity contribution in [2.45, 2.75) is 77.7 Å². The zero-order valence-corrected chi connectivity index (χ0v) is 19.8. The third-order valence-electron chi connectivity index (χ3n) is 7.17. The Morgan fingerprint density at radius 1 is 1.19 bits per heavy atom. The van der Waals surface area contributed by atoms with E-state index in [0.29, 0.717) is 11.6 Å². The first-order valence-electron chi connectivity index (χ1n) is 12.5. The molecule has 3 atom stereocenters. The van der Waals surface area contributed by atoms with Gasteiger partial charge in [0.1, 0.15) is 0 Å². The van der Waals surface area contributed by atoms with Crippen molar-refractivity contribution in [2.24, 2.45) is 17.0 Å². The Morgan fingerprint density at radius 2 is 2.03 bits per heavy atom. The van der Waals surface area contributed by atoms with E-state index in [1.54, 1.807) is 12.3 Å². The zero-order chi connectivity index (χ0) is 22.8. The molecule has 3 unspecified atom stereocenters. The molecular formula is C26H39N5O. The summed E-state index contributed by atoms with van der Waals surface area (Å²) < 4.78 is 0. The van der Waals surface area contributed by atoms with Crippen molar-refractivity contribution in [3.8, 4) is 0 Å². The summed E-state index contributed by atoms with van der Waals surface area (Å²) in [5.74, 6) is 1.40. The summed E-state index contributed by atoms with van der Waals surface area (Å²) in [4.78, 5) is 9.94. The Morgan fingerprint density at radius 3 is 2.81 bits per heavy atom. The molecule has 3 rings (SSSR count). The van der Waals surface area contributed by atoms with E-state index >= 15 is 0 Å². The summed E-state index contributed by atoms with van der Waals surface area (Å²) in [6, 6.07) is 7.33. The van der Waals surface area contributed by atoms with Crippen molar-refractivity contribution in [3.05, 3.63) is 46.5 Å². The SMILES string of the molecule is CCCCCCCN1CCC(CCC(O)c2ccnc3ccc(N=[N+]=[N-])cc23)C(CC)C1. The van der Waals surface area contributed by atoms with Gasteiger partial charge in [-0.05, 0) is 79.9 Å². The summed E-state index contributed by atoms with van der Waals surface area (Å²) in [6.07, 6.45) is 12.2. The van der Waals surface area contributed by atoms with Crippen molar-refractivity contribution in [1.82, 2.24) is 9.88 Å². The molecule has 6 heteroatoms. The van der Waals surface area contributed by atoms with Gasteiger partial charge in [0, 0.05) is 28.7 Å². The number of hydrogen-bond donors (Lipinski definition) is 1. The number of aliphatic hydroxyl groups is 1. The van der Waals surface area contributed by atoms with Crippen LogP contribution in [0.15, 0.2) is 35.6 Å². The van der Waals surface area contributed by atoms with Crippen LogP contribution in [0.25, 0.3) is 21.3 Å². The second-order valence-electron chi connectivity index (χ2n) is 9.32. The average molecular weight is 438 g/mol. The van der Waals surface area contributed by atoms with E-state index in [1.165, 1.54) is 64.6 Å². The van der Waals surface area contributed by atoms with Gasteiger partial charge in [0.2, 0.25) is 0 Å². The molecule has 1 aromatic heterocycles. The van der Waals surface area contributed by atoms with Crippen LogP contribution in [0.3, 0.4) is 0 Å². The molecule has 1 fully saturated rings. The lowest BCUT2D eigenvalue weighted by Gasteiger charge is -2.39. The summed E-state index contributed by atoms with van der Waals surface area (Å²) in [6.45, 7) is 8.22. The molecule has 0 bridgehead atoms. The Kier molecular flexibility index (Phi) is 9.79. The molecular weight excluding hydrogens is 398 g/mol. The highest BCUT2D eigenvalue weighted by Crippen LogP contribution is 2.34. The molecule has 1 saturated heterocycles. The lowest BCUT2D eigenvalue weighted by molar-refractivity contribution is 0.0903. The van der Waals surface area contributed by atoms with Crippen LogP contribution < -0.4 is 0 Å². The zero-order valence-electron chi connectivity index (χ0n) is 19.8. The topological polar surface area (TPSA) is 85.1 Å². The number of piperidine rings is 1. The van der Waals surface area contributed by atoms with E-state index in [0.717, 1.165) is 35.2 Å². The first kappa shape index (κ1) is 24.5. The highest BCUT2D eigenvalue weighted by atomic mass is 16.3. The van der Waals surface area contributed by atoms with Crippen LogP contribution >= 0.6 is 0 Å². The maximum absolute atomic E-state index is 11.0. The van der Waals surface area contributed by atoms with Crippen LogP contribution in [0.2, 0.25) is 0 Å². The van der Waals surface area contributed by atoms with E-state index in [9.17, 15) is 5.11 Å². The van der Waals surface area contributed by atoms with Gasteiger partial charge < -0.3 is 10.0 Å². The van der Waals surface area contributed by atoms with Gasteiger partial charge in [-0.25, -0.2) is 0 Å². The predicted octanol–water partition coefficient (Wildman–Crippen LogP) is 7.31. The Balaban J connectivity index is 1.56. The van der Waals surface area contributed by atoms with Crippen LogP contribution in [-0.4, -0.2) is 34.6 Å².